The number of hydrogen-bond acceptors (Lipinski definition) is 3. The number of aromatic hydroxyl groups is 1. The van der Waals surface area contributed by atoms with E-state index in [1.165, 1.54) is 0 Å². The summed E-state index contributed by atoms with van der Waals surface area (Å²) in [7, 11) is 1.70. The first-order valence-corrected chi connectivity index (χ1v) is 5.94. The molecule has 0 radical (unpaired) electrons. The molecular weight excluding hydrogens is 214 g/mol. The molecule has 1 aromatic rings. The molecule has 17 heavy (non-hydrogen) atoms. The molecule has 1 atom stereocenters. The topological polar surface area (TPSA) is 41.5 Å². The molecular formula is C14H23NO2. The van der Waals surface area contributed by atoms with Gasteiger partial charge in [0.25, 0.3) is 0 Å². The number of benzene rings is 1. The van der Waals surface area contributed by atoms with Crippen LogP contribution in [-0.4, -0.2) is 24.4 Å². The fraction of sp³-hybridized carbons (Fsp3) is 0.571. The summed E-state index contributed by atoms with van der Waals surface area (Å²) in [6.45, 7) is 8.86. The Labute approximate surface area is 104 Å². The Balaban J connectivity index is 2.70. The van der Waals surface area contributed by atoms with Crippen LogP contribution in [0.3, 0.4) is 0 Å². The molecule has 0 aliphatic carbocycles. The lowest BCUT2D eigenvalue weighted by Gasteiger charge is -2.26. The van der Waals surface area contributed by atoms with Gasteiger partial charge in [-0.15, -0.1) is 0 Å². The van der Waals surface area contributed by atoms with Crippen LogP contribution in [0.4, 0.5) is 0 Å². The first-order chi connectivity index (χ1) is 7.85. The number of ether oxygens (including phenoxy) is 1. The van der Waals surface area contributed by atoms with E-state index in [0.29, 0.717) is 5.75 Å². The Morgan fingerprint density at radius 1 is 1.41 bits per heavy atom. The second kappa shape index (κ2) is 5.52. The summed E-state index contributed by atoms with van der Waals surface area (Å²) in [5, 5.41) is 13.2. The normalized spacial score (nSPS) is 13.7. The van der Waals surface area contributed by atoms with Crippen molar-refractivity contribution in [2.45, 2.75) is 39.3 Å². The zero-order chi connectivity index (χ0) is 13.1. The van der Waals surface area contributed by atoms with Crippen LogP contribution < -0.4 is 5.32 Å². The van der Waals surface area contributed by atoms with Gasteiger partial charge in [-0.1, -0.05) is 17.7 Å². The average molecular weight is 237 g/mol. The number of phenolic OH excluding ortho intramolecular Hbond substituents is 1. The van der Waals surface area contributed by atoms with E-state index in [-0.39, 0.29) is 11.6 Å². The van der Waals surface area contributed by atoms with Crippen molar-refractivity contribution in [2.24, 2.45) is 0 Å². The largest absolute Gasteiger partial charge is 0.508 e. The minimum absolute atomic E-state index is 0.101. The summed E-state index contributed by atoms with van der Waals surface area (Å²) in [6, 6.07) is 5.76. The number of methoxy groups -OCH3 is 1. The molecule has 0 saturated carbocycles. The zero-order valence-corrected chi connectivity index (χ0v) is 11.4. The van der Waals surface area contributed by atoms with E-state index in [9.17, 15) is 5.11 Å². The van der Waals surface area contributed by atoms with Crippen LogP contribution in [0.15, 0.2) is 18.2 Å². The predicted octanol–water partition coefficient (Wildman–Crippen LogP) is 2.78. The highest BCUT2D eigenvalue weighted by molar-refractivity contribution is 5.37. The standard InChI is InChI=1S/C14H23NO2/c1-10-6-7-13(16)12(8-10)11(2)15-9-14(3,4)17-5/h6-8,11,15-16H,9H2,1-5H3. The van der Waals surface area contributed by atoms with Crippen molar-refractivity contribution in [3.63, 3.8) is 0 Å². The van der Waals surface area contributed by atoms with Gasteiger partial charge in [0.1, 0.15) is 5.75 Å². The Morgan fingerprint density at radius 2 is 2.06 bits per heavy atom. The van der Waals surface area contributed by atoms with Crippen molar-refractivity contribution in [1.29, 1.82) is 0 Å². The lowest BCUT2D eigenvalue weighted by atomic mass is 10.0. The lowest BCUT2D eigenvalue weighted by Crippen LogP contribution is -2.37. The van der Waals surface area contributed by atoms with Crippen LogP contribution >= 0.6 is 0 Å². The van der Waals surface area contributed by atoms with E-state index in [1.807, 2.05) is 39.8 Å². The van der Waals surface area contributed by atoms with Crippen molar-refractivity contribution in [3.05, 3.63) is 29.3 Å². The Bertz CT molecular complexity index is 374. The number of aryl methyl sites for hydroxylation is 1. The molecule has 3 nitrogen and oxygen atoms in total. The van der Waals surface area contributed by atoms with E-state index < -0.39 is 0 Å². The van der Waals surface area contributed by atoms with Gasteiger partial charge in [-0.3, -0.25) is 0 Å². The predicted molar refractivity (Wildman–Crippen MR) is 70.3 cm³/mol. The van der Waals surface area contributed by atoms with Gasteiger partial charge in [0.15, 0.2) is 0 Å². The minimum Gasteiger partial charge on any atom is -0.508 e. The lowest BCUT2D eigenvalue weighted by molar-refractivity contribution is 0.0214. The van der Waals surface area contributed by atoms with E-state index in [0.717, 1.165) is 17.7 Å². The summed E-state index contributed by atoms with van der Waals surface area (Å²) in [4.78, 5) is 0. The molecule has 0 amide bonds. The maximum atomic E-state index is 9.82. The third-order valence-corrected chi connectivity index (χ3v) is 3.04. The van der Waals surface area contributed by atoms with Crippen molar-refractivity contribution < 1.29 is 9.84 Å². The van der Waals surface area contributed by atoms with E-state index >= 15 is 0 Å². The third kappa shape index (κ3) is 4.02. The van der Waals surface area contributed by atoms with Gasteiger partial charge in [0, 0.05) is 25.3 Å². The Morgan fingerprint density at radius 3 is 2.65 bits per heavy atom. The minimum atomic E-state index is -0.201. The van der Waals surface area contributed by atoms with Crippen molar-refractivity contribution in [2.75, 3.05) is 13.7 Å². The number of rotatable bonds is 5. The summed E-state index contributed by atoms with van der Waals surface area (Å²) >= 11 is 0. The zero-order valence-electron chi connectivity index (χ0n) is 11.4. The third-order valence-electron chi connectivity index (χ3n) is 3.04. The molecule has 0 spiro atoms. The quantitative estimate of drug-likeness (QED) is 0.827. The van der Waals surface area contributed by atoms with E-state index in [4.69, 9.17) is 4.74 Å². The SMILES string of the molecule is COC(C)(C)CNC(C)c1cc(C)ccc1O. The molecule has 0 aliphatic rings. The molecule has 1 unspecified atom stereocenters. The first-order valence-electron chi connectivity index (χ1n) is 5.94. The fourth-order valence-electron chi connectivity index (χ4n) is 1.60. The summed E-state index contributed by atoms with van der Waals surface area (Å²) < 4.78 is 5.35. The second-order valence-electron chi connectivity index (χ2n) is 5.13. The van der Waals surface area contributed by atoms with Crippen LogP contribution in [0.25, 0.3) is 0 Å². The molecule has 3 heteroatoms. The van der Waals surface area contributed by atoms with Gasteiger partial charge in [-0.25, -0.2) is 0 Å². The first kappa shape index (κ1) is 14.0. The van der Waals surface area contributed by atoms with Crippen LogP contribution in [0.2, 0.25) is 0 Å². The number of hydrogen-bond donors (Lipinski definition) is 2. The molecule has 0 fully saturated rings. The monoisotopic (exact) mass is 237 g/mol. The van der Waals surface area contributed by atoms with Crippen LogP contribution in [-0.2, 0) is 4.74 Å². The van der Waals surface area contributed by atoms with Gasteiger partial charge in [0.2, 0.25) is 0 Å². The van der Waals surface area contributed by atoms with Crippen LogP contribution in [0.1, 0.15) is 37.9 Å². The van der Waals surface area contributed by atoms with E-state index in [1.54, 1.807) is 13.2 Å². The molecule has 0 heterocycles. The summed E-state index contributed by atoms with van der Waals surface area (Å²) in [5.74, 6) is 0.339. The molecule has 1 rings (SSSR count). The molecule has 0 saturated heterocycles. The van der Waals surface area contributed by atoms with Crippen molar-refractivity contribution in [1.82, 2.24) is 5.32 Å². The Hall–Kier alpha value is -1.06. The number of nitrogens with one attached hydrogen (secondary N) is 1. The number of phenols is 1. The molecule has 0 aromatic heterocycles. The van der Waals surface area contributed by atoms with Crippen molar-refractivity contribution in [3.8, 4) is 5.75 Å². The van der Waals surface area contributed by atoms with Crippen LogP contribution in [0.5, 0.6) is 5.75 Å². The molecule has 0 bridgehead atoms. The van der Waals surface area contributed by atoms with Gasteiger partial charge < -0.3 is 15.2 Å². The smallest absolute Gasteiger partial charge is 0.120 e. The Kier molecular flexibility index (Phi) is 4.54. The molecule has 2 N–H and O–H groups in total. The average Bonchev–Trinajstić information content (AvgIpc) is 2.29. The highest BCUT2D eigenvalue weighted by Crippen LogP contribution is 2.25. The summed E-state index contributed by atoms with van der Waals surface area (Å²) in [6.07, 6.45) is 0. The van der Waals surface area contributed by atoms with Gasteiger partial charge >= 0.3 is 0 Å². The summed E-state index contributed by atoms with van der Waals surface area (Å²) in [5.41, 5.74) is 1.88. The van der Waals surface area contributed by atoms with Gasteiger partial charge in [-0.2, -0.15) is 0 Å². The maximum Gasteiger partial charge on any atom is 0.120 e. The van der Waals surface area contributed by atoms with Gasteiger partial charge in [-0.05, 0) is 33.8 Å². The molecule has 96 valence electrons. The fourth-order valence-corrected chi connectivity index (χ4v) is 1.60. The highest BCUT2D eigenvalue weighted by atomic mass is 16.5. The molecule has 0 aliphatic heterocycles. The molecule has 1 aromatic carbocycles. The maximum absolute atomic E-state index is 9.82. The van der Waals surface area contributed by atoms with Crippen LogP contribution in [0, 0.1) is 6.92 Å². The van der Waals surface area contributed by atoms with Gasteiger partial charge in [0.05, 0.1) is 5.60 Å². The van der Waals surface area contributed by atoms with Crippen molar-refractivity contribution >= 4 is 0 Å². The highest BCUT2D eigenvalue weighted by Gasteiger charge is 2.18. The van der Waals surface area contributed by atoms with E-state index in [2.05, 4.69) is 5.32 Å². The second-order valence-corrected chi connectivity index (χ2v) is 5.13.